The lowest BCUT2D eigenvalue weighted by molar-refractivity contribution is -0.383. The first-order valence-electron chi connectivity index (χ1n) is 6.26. The van der Waals surface area contributed by atoms with Gasteiger partial charge in [-0.05, 0) is 37.3 Å². The highest BCUT2D eigenvalue weighted by Crippen LogP contribution is 2.36. The van der Waals surface area contributed by atoms with E-state index in [1.165, 1.54) is 12.1 Å². The Labute approximate surface area is 125 Å². The first-order valence-corrected chi connectivity index (χ1v) is 6.64. The molecule has 0 heterocycles. The molecule has 5 nitrogen and oxygen atoms in total. The number of nitro benzene ring substituents is 1. The Morgan fingerprint density at radius 3 is 2.57 bits per heavy atom. The van der Waals surface area contributed by atoms with Crippen LogP contribution in [0.4, 0.5) is 27.1 Å². The molecule has 0 amide bonds. The SMILES string of the molecule is CCNc1cccc(Nc2ccc(F)cc2Cl)c1[N+](=O)[O-]. The standard InChI is InChI=1S/C14H13ClFN3O2/c1-2-17-12-4-3-5-13(14(12)19(20)21)18-11-7-6-9(16)8-10(11)15/h3-8,17-18H,2H2,1H3. The van der Waals surface area contributed by atoms with Crippen LogP contribution in [0.25, 0.3) is 0 Å². The van der Waals surface area contributed by atoms with Crippen molar-refractivity contribution < 1.29 is 9.31 Å². The van der Waals surface area contributed by atoms with Crippen LogP contribution in [0.1, 0.15) is 6.92 Å². The Kier molecular flexibility index (Phi) is 4.59. The normalized spacial score (nSPS) is 10.2. The highest BCUT2D eigenvalue weighted by atomic mass is 35.5. The van der Waals surface area contributed by atoms with E-state index in [2.05, 4.69) is 10.6 Å². The summed E-state index contributed by atoms with van der Waals surface area (Å²) in [5.74, 6) is -0.471. The van der Waals surface area contributed by atoms with Gasteiger partial charge in [-0.1, -0.05) is 17.7 Å². The molecule has 0 aromatic heterocycles. The van der Waals surface area contributed by atoms with Crippen molar-refractivity contribution in [2.24, 2.45) is 0 Å². The van der Waals surface area contributed by atoms with Crippen LogP contribution in [0.2, 0.25) is 5.02 Å². The summed E-state index contributed by atoms with van der Waals surface area (Å²) in [5.41, 5.74) is 1.01. The van der Waals surface area contributed by atoms with E-state index in [0.29, 0.717) is 17.9 Å². The van der Waals surface area contributed by atoms with Gasteiger partial charge in [0.05, 0.1) is 15.6 Å². The Hall–Kier alpha value is -2.34. The van der Waals surface area contributed by atoms with Crippen molar-refractivity contribution >= 4 is 34.4 Å². The first kappa shape index (κ1) is 15.1. The average molecular weight is 310 g/mol. The number of para-hydroxylation sites is 1. The third kappa shape index (κ3) is 3.41. The number of nitro groups is 1. The molecule has 0 atom stereocenters. The lowest BCUT2D eigenvalue weighted by Crippen LogP contribution is -2.04. The topological polar surface area (TPSA) is 67.2 Å². The maximum absolute atomic E-state index is 13.0. The molecule has 0 aliphatic heterocycles. The Morgan fingerprint density at radius 2 is 1.95 bits per heavy atom. The van der Waals surface area contributed by atoms with Crippen LogP contribution in [-0.4, -0.2) is 11.5 Å². The molecule has 0 bridgehead atoms. The molecule has 21 heavy (non-hydrogen) atoms. The zero-order valence-electron chi connectivity index (χ0n) is 11.2. The summed E-state index contributed by atoms with van der Waals surface area (Å²) in [6, 6.07) is 8.68. The molecule has 0 aliphatic carbocycles. The molecular weight excluding hydrogens is 297 g/mol. The number of nitrogens with zero attached hydrogens (tertiary/aromatic N) is 1. The van der Waals surface area contributed by atoms with Gasteiger partial charge in [-0.3, -0.25) is 10.1 Å². The summed E-state index contributed by atoms with van der Waals surface area (Å²) in [6.45, 7) is 2.41. The molecule has 0 saturated carbocycles. The van der Waals surface area contributed by atoms with Gasteiger partial charge in [0.25, 0.3) is 0 Å². The van der Waals surface area contributed by atoms with E-state index in [-0.39, 0.29) is 16.4 Å². The third-order valence-corrected chi connectivity index (χ3v) is 3.10. The minimum atomic E-state index is -0.474. The Balaban J connectivity index is 2.43. The van der Waals surface area contributed by atoms with E-state index in [9.17, 15) is 14.5 Å². The second-order valence-corrected chi connectivity index (χ2v) is 4.65. The fraction of sp³-hybridized carbons (Fsp3) is 0.143. The van der Waals surface area contributed by atoms with Crippen LogP contribution in [0.15, 0.2) is 36.4 Å². The zero-order valence-corrected chi connectivity index (χ0v) is 11.9. The third-order valence-electron chi connectivity index (χ3n) is 2.79. The predicted octanol–water partition coefficient (Wildman–Crippen LogP) is 4.56. The maximum Gasteiger partial charge on any atom is 0.315 e. The Bertz CT molecular complexity index is 679. The van der Waals surface area contributed by atoms with E-state index in [1.54, 1.807) is 18.2 Å². The van der Waals surface area contributed by atoms with E-state index >= 15 is 0 Å². The quantitative estimate of drug-likeness (QED) is 0.627. The average Bonchev–Trinajstić information content (AvgIpc) is 2.42. The van der Waals surface area contributed by atoms with Gasteiger partial charge in [-0.2, -0.15) is 0 Å². The first-order chi connectivity index (χ1) is 10.0. The van der Waals surface area contributed by atoms with Crippen molar-refractivity contribution in [3.63, 3.8) is 0 Å². The van der Waals surface area contributed by atoms with E-state index in [0.717, 1.165) is 6.07 Å². The monoisotopic (exact) mass is 309 g/mol. The van der Waals surface area contributed by atoms with Crippen LogP contribution in [-0.2, 0) is 0 Å². The molecule has 0 saturated heterocycles. The molecule has 2 aromatic carbocycles. The van der Waals surface area contributed by atoms with Crippen molar-refractivity contribution in [3.8, 4) is 0 Å². The van der Waals surface area contributed by atoms with E-state index in [4.69, 9.17) is 11.6 Å². The van der Waals surface area contributed by atoms with Gasteiger partial charge in [-0.15, -0.1) is 0 Å². The van der Waals surface area contributed by atoms with Gasteiger partial charge in [0.15, 0.2) is 0 Å². The molecule has 0 radical (unpaired) electrons. The molecule has 2 N–H and O–H groups in total. The molecule has 0 aliphatic rings. The van der Waals surface area contributed by atoms with Crippen LogP contribution in [0, 0.1) is 15.9 Å². The van der Waals surface area contributed by atoms with E-state index < -0.39 is 10.7 Å². The van der Waals surface area contributed by atoms with Gasteiger partial charge in [0, 0.05) is 6.54 Å². The fourth-order valence-corrected chi connectivity index (χ4v) is 2.12. The predicted molar refractivity (Wildman–Crippen MR) is 82.0 cm³/mol. The summed E-state index contributed by atoms with van der Waals surface area (Å²) in [7, 11) is 0. The fourth-order valence-electron chi connectivity index (χ4n) is 1.91. The number of benzene rings is 2. The Morgan fingerprint density at radius 1 is 1.24 bits per heavy atom. The summed E-state index contributed by atoms with van der Waals surface area (Å²) < 4.78 is 13.0. The molecule has 0 unspecified atom stereocenters. The minimum absolute atomic E-state index is 0.0836. The summed E-state index contributed by atoms with van der Waals surface area (Å²) >= 11 is 5.92. The maximum atomic E-state index is 13.0. The number of halogens is 2. The minimum Gasteiger partial charge on any atom is -0.380 e. The lowest BCUT2D eigenvalue weighted by Gasteiger charge is -2.12. The van der Waals surface area contributed by atoms with Gasteiger partial charge in [-0.25, -0.2) is 4.39 Å². The second kappa shape index (κ2) is 6.41. The number of hydrogen-bond donors (Lipinski definition) is 2. The van der Waals surface area contributed by atoms with Crippen LogP contribution >= 0.6 is 11.6 Å². The molecule has 0 fully saturated rings. The van der Waals surface area contributed by atoms with Crippen molar-refractivity contribution in [2.75, 3.05) is 17.2 Å². The number of anilines is 3. The largest absolute Gasteiger partial charge is 0.380 e. The van der Waals surface area contributed by atoms with Gasteiger partial charge >= 0.3 is 5.69 Å². The molecule has 2 aromatic rings. The summed E-state index contributed by atoms with van der Waals surface area (Å²) in [4.78, 5) is 10.8. The zero-order chi connectivity index (χ0) is 15.4. The van der Waals surface area contributed by atoms with Crippen molar-refractivity contribution in [1.29, 1.82) is 0 Å². The molecule has 2 rings (SSSR count). The van der Waals surface area contributed by atoms with Crippen molar-refractivity contribution in [2.45, 2.75) is 6.92 Å². The smallest absolute Gasteiger partial charge is 0.315 e. The number of nitrogens with one attached hydrogen (secondary N) is 2. The number of rotatable bonds is 5. The lowest BCUT2D eigenvalue weighted by atomic mass is 10.2. The van der Waals surface area contributed by atoms with Crippen LogP contribution in [0.3, 0.4) is 0 Å². The van der Waals surface area contributed by atoms with Gasteiger partial charge < -0.3 is 10.6 Å². The summed E-state index contributed by atoms with van der Waals surface area (Å²) in [5, 5.41) is 17.2. The van der Waals surface area contributed by atoms with Crippen molar-refractivity contribution in [1.82, 2.24) is 0 Å². The van der Waals surface area contributed by atoms with Gasteiger partial charge in [0.1, 0.15) is 17.2 Å². The molecule has 7 heteroatoms. The van der Waals surface area contributed by atoms with Crippen LogP contribution in [0.5, 0.6) is 0 Å². The highest BCUT2D eigenvalue weighted by Gasteiger charge is 2.20. The van der Waals surface area contributed by atoms with Crippen molar-refractivity contribution in [3.05, 3.63) is 57.4 Å². The van der Waals surface area contributed by atoms with Gasteiger partial charge in [0.2, 0.25) is 0 Å². The highest BCUT2D eigenvalue weighted by molar-refractivity contribution is 6.33. The van der Waals surface area contributed by atoms with Crippen LogP contribution < -0.4 is 10.6 Å². The van der Waals surface area contributed by atoms with E-state index in [1.807, 2.05) is 6.92 Å². The molecular formula is C14H13ClFN3O2. The second-order valence-electron chi connectivity index (χ2n) is 4.24. The number of hydrogen-bond acceptors (Lipinski definition) is 4. The molecule has 110 valence electrons. The summed E-state index contributed by atoms with van der Waals surface area (Å²) in [6.07, 6.45) is 0. The molecule has 0 spiro atoms.